The summed E-state index contributed by atoms with van der Waals surface area (Å²) < 4.78 is 56.4. The van der Waals surface area contributed by atoms with Crippen LogP contribution in [0.2, 0.25) is 0 Å². The number of rotatable bonds is 11. The third-order valence-corrected chi connectivity index (χ3v) is 14.8. The van der Waals surface area contributed by atoms with Gasteiger partial charge in [-0.2, -0.15) is 0 Å². The lowest BCUT2D eigenvalue weighted by molar-refractivity contribution is -0.319. The zero-order valence-corrected chi connectivity index (χ0v) is 41.3. The Morgan fingerprint density at radius 2 is 1.59 bits per heavy atom. The van der Waals surface area contributed by atoms with Gasteiger partial charge in [0.25, 0.3) is 0 Å². The van der Waals surface area contributed by atoms with E-state index >= 15 is 0 Å². The van der Waals surface area contributed by atoms with Crippen LogP contribution in [0.5, 0.6) is 0 Å². The molecule has 1 amide bonds. The van der Waals surface area contributed by atoms with Gasteiger partial charge in [-0.15, -0.1) is 0 Å². The molecular weight excluding hydrogens is 859 g/mol. The Kier molecular flexibility index (Phi) is 18.0. The molecule has 5 N–H and O–H groups in total. The molecule has 18 nitrogen and oxygen atoms in total. The predicted octanol–water partition coefficient (Wildman–Crippen LogP) is 2.59. The van der Waals surface area contributed by atoms with Gasteiger partial charge in [0.15, 0.2) is 18.7 Å². The molecule has 0 radical (unpaired) electrons. The van der Waals surface area contributed by atoms with E-state index < -0.39 is 115 Å². The molecule has 3 saturated heterocycles. The van der Waals surface area contributed by atoms with Crippen LogP contribution in [-0.4, -0.2) is 163 Å². The number of benzene rings is 1. The van der Waals surface area contributed by atoms with Gasteiger partial charge in [-0.3, -0.25) is 9.59 Å². The highest BCUT2D eigenvalue weighted by molar-refractivity contribution is 6.62. The molecule has 19 heteroatoms. The molecule has 66 heavy (non-hydrogen) atoms. The van der Waals surface area contributed by atoms with Crippen molar-refractivity contribution in [1.82, 2.24) is 10.2 Å². The number of nitrogens with one attached hydrogen (secondary N) is 1. The number of carbonyl (C=O) groups excluding carboxylic acids is 3. The molecule has 0 saturated carbocycles. The van der Waals surface area contributed by atoms with E-state index in [0.29, 0.717) is 17.4 Å². The minimum absolute atomic E-state index is 0.0218. The van der Waals surface area contributed by atoms with Crippen LogP contribution in [0.25, 0.3) is 0 Å². The van der Waals surface area contributed by atoms with E-state index in [1.807, 2.05) is 45.0 Å². The van der Waals surface area contributed by atoms with Crippen molar-refractivity contribution in [3.63, 3.8) is 0 Å². The summed E-state index contributed by atoms with van der Waals surface area (Å²) in [6, 6.07) is 5.14. The summed E-state index contributed by atoms with van der Waals surface area (Å²) in [5, 5.41) is 48.3. The Balaban J connectivity index is 1.50. The van der Waals surface area contributed by atoms with Crippen LogP contribution in [0.4, 0.5) is 4.79 Å². The topological polar surface area (TPSA) is 230 Å². The Hall–Kier alpha value is -2.79. The second-order valence-electron chi connectivity index (χ2n) is 20.0. The van der Waals surface area contributed by atoms with Crippen molar-refractivity contribution in [3.8, 4) is 0 Å². The molecule has 374 valence electrons. The number of cyclic esters (lactones) is 1. The van der Waals surface area contributed by atoms with E-state index in [1.54, 1.807) is 54.5 Å². The fourth-order valence-electron chi connectivity index (χ4n) is 10.6. The molecular formula is C47H77BN2O16. The number of amides is 1. The van der Waals surface area contributed by atoms with Crippen LogP contribution in [-0.2, 0) is 65.3 Å². The van der Waals surface area contributed by atoms with Crippen LogP contribution >= 0.6 is 0 Å². The summed E-state index contributed by atoms with van der Waals surface area (Å²) in [5.74, 6) is -4.80. The van der Waals surface area contributed by atoms with E-state index in [9.17, 15) is 34.7 Å². The van der Waals surface area contributed by atoms with Crippen LogP contribution in [0.15, 0.2) is 18.2 Å². The molecule has 0 aliphatic carbocycles. The van der Waals surface area contributed by atoms with Gasteiger partial charge in [0.2, 0.25) is 0 Å². The third kappa shape index (κ3) is 11.5. The van der Waals surface area contributed by atoms with Crippen LogP contribution in [0.1, 0.15) is 106 Å². The highest BCUT2D eigenvalue weighted by atomic mass is 16.7. The predicted molar refractivity (Wildman–Crippen MR) is 241 cm³/mol. The van der Waals surface area contributed by atoms with Crippen molar-refractivity contribution < 1.29 is 77.3 Å². The van der Waals surface area contributed by atoms with E-state index in [-0.39, 0.29) is 50.3 Å². The number of nitrogens with zero attached hydrogens (tertiary/aromatic N) is 1. The standard InChI is InChI=1S/C47H77BN2O16/c1-15-33-47(10,56)39(53)26(4)36(51)24(2)20-45(8,58-13)40(65-43-37(52)32(50(11)12)19-25(3)61-43)27(5)38(28(6)42(54)63-33)64-34-21-46(9,59-14)41(29(7)62-34)66-44(55)49-22-30-17-16-18-31-23-60-48(57)35(30)31/h16-18,24-29,32-34,37-41,43,52-53,56-57H,15,19-23H2,1-14H3,(H,49,55)/t24-,25-,26+,27+,28-,29+,32+,33-,34+,37-,38+,39-,40-,41+,43+,45-,46-,47-/m1/s1. The number of likely N-dealkylation sites (N-methyl/N-ethyl adjacent to an activating group) is 1. The number of carbonyl (C=O) groups is 3. The fraction of sp³-hybridized carbons (Fsp3) is 0.809. The number of aliphatic hydroxyl groups excluding tert-OH is 2. The molecule has 1 aromatic rings. The first kappa shape index (κ1) is 54.2. The van der Waals surface area contributed by atoms with Crippen molar-refractivity contribution >= 4 is 30.4 Å². The molecule has 18 atom stereocenters. The number of hydrogen-bond donors (Lipinski definition) is 5. The van der Waals surface area contributed by atoms with Gasteiger partial charge >= 0.3 is 19.2 Å². The lowest BCUT2D eigenvalue weighted by Gasteiger charge is -2.50. The fourth-order valence-corrected chi connectivity index (χ4v) is 10.6. The van der Waals surface area contributed by atoms with Gasteiger partial charge in [-0.1, -0.05) is 45.9 Å². The minimum atomic E-state index is -2.02. The third-order valence-electron chi connectivity index (χ3n) is 14.8. The second kappa shape index (κ2) is 21.9. The van der Waals surface area contributed by atoms with Crippen molar-refractivity contribution in [2.75, 3.05) is 28.3 Å². The van der Waals surface area contributed by atoms with E-state index in [4.69, 9.17) is 42.5 Å². The number of hydrogen-bond acceptors (Lipinski definition) is 17. The number of Topliss-reactive ketones (excluding diaryl/α,β-unsaturated/α-hetero) is 1. The zero-order valence-electron chi connectivity index (χ0n) is 41.3. The first-order valence-corrected chi connectivity index (χ1v) is 23.4. The highest BCUT2D eigenvalue weighted by Gasteiger charge is 2.55. The Labute approximate surface area is 390 Å². The van der Waals surface area contributed by atoms with Gasteiger partial charge < -0.3 is 73.1 Å². The van der Waals surface area contributed by atoms with Crippen LogP contribution in [0, 0.1) is 23.7 Å². The van der Waals surface area contributed by atoms with Gasteiger partial charge in [-0.05, 0) is 91.5 Å². The number of esters is 1. The van der Waals surface area contributed by atoms with Crippen LogP contribution in [0.3, 0.4) is 0 Å². The molecule has 5 rings (SSSR count). The SMILES string of the molecule is CC[C@H]1OC(=O)[C@H](C)[C@@H](O[C@H]2C[C@@](C)(OC)[C@@H](OC(=O)NCc3cccc4c3B(O)OC4)[C@H](C)O2)[C@H](C)[C@@H](O[C@@H]2O[C@H](C)C[C@H](N(C)C)[C@H]2O)[C@](C)(OC)C[C@@H](C)C(=O)[C@H](C)[C@@H](O)[C@]1(C)O. The molecule has 0 unspecified atom stereocenters. The summed E-state index contributed by atoms with van der Waals surface area (Å²) >= 11 is 0. The average molecular weight is 937 g/mol. The van der Waals surface area contributed by atoms with E-state index in [2.05, 4.69) is 5.32 Å². The first-order chi connectivity index (χ1) is 30.8. The zero-order chi connectivity index (χ0) is 49.2. The van der Waals surface area contributed by atoms with E-state index in [1.165, 1.54) is 21.1 Å². The first-order valence-electron chi connectivity index (χ1n) is 23.4. The molecule has 0 bridgehead atoms. The molecule has 4 heterocycles. The highest BCUT2D eigenvalue weighted by Crippen LogP contribution is 2.42. The molecule has 1 aromatic carbocycles. The Morgan fingerprint density at radius 3 is 2.21 bits per heavy atom. The lowest BCUT2D eigenvalue weighted by Crippen LogP contribution is -2.62. The van der Waals surface area contributed by atoms with Gasteiger partial charge in [0.05, 0.1) is 48.6 Å². The maximum Gasteiger partial charge on any atom is 0.492 e. The van der Waals surface area contributed by atoms with Crippen molar-refractivity contribution in [1.29, 1.82) is 0 Å². The number of fused-ring (bicyclic) bond motifs is 1. The summed E-state index contributed by atoms with van der Waals surface area (Å²) in [6.07, 6.45) is -10.4. The number of aliphatic hydroxyl groups is 3. The second-order valence-corrected chi connectivity index (χ2v) is 20.0. The largest absolute Gasteiger partial charge is 0.492 e. The number of methoxy groups -OCH3 is 2. The van der Waals surface area contributed by atoms with Gasteiger partial charge in [-0.25, -0.2) is 4.79 Å². The van der Waals surface area contributed by atoms with Gasteiger partial charge in [0, 0.05) is 51.0 Å². The number of ketones is 1. The van der Waals surface area contributed by atoms with Gasteiger partial charge in [0.1, 0.15) is 29.2 Å². The summed E-state index contributed by atoms with van der Waals surface area (Å²) in [4.78, 5) is 44.0. The van der Waals surface area contributed by atoms with Crippen molar-refractivity contribution in [2.45, 2.75) is 192 Å². The molecule has 4 aliphatic heterocycles. The lowest BCUT2D eigenvalue weighted by atomic mass is 9.74. The maximum atomic E-state index is 14.5. The molecule has 3 fully saturated rings. The van der Waals surface area contributed by atoms with E-state index in [0.717, 1.165) is 5.56 Å². The summed E-state index contributed by atoms with van der Waals surface area (Å²) in [6.45, 7) is 17.3. The maximum absolute atomic E-state index is 14.5. The summed E-state index contributed by atoms with van der Waals surface area (Å²) in [7, 11) is 5.62. The molecule has 0 aromatic heterocycles. The Bertz CT molecular complexity index is 1820. The van der Waals surface area contributed by atoms with Crippen molar-refractivity contribution in [2.24, 2.45) is 23.7 Å². The smallest absolute Gasteiger partial charge is 0.459 e. The van der Waals surface area contributed by atoms with Crippen LogP contribution < -0.4 is 10.8 Å². The number of ether oxygens (including phenoxy) is 8. The number of alkyl carbamates (subject to hydrolysis) is 1. The quantitative estimate of drug-likeness (QED) is 0.159. The normalized spacial score (nSPS) is 41.8. The Morgan fingerprint density at radius 1 is 0.939 bits per heavy atom. The van der Waals surface area contributed by atoms with Crippen molar-refractivity contribution in [3.05, 3.63) is 29.3 Å². The molecule has 0 spiro atoms. The average Bonchev–Trinajstić information content (AvgIpc) is 3.66. The summed E-state index contributed by atoms with van der Waals surface area (Å²) in [5.41, 5.74) is -2.40. The monoisotopic (exact) mass is 937 g/mol. The minimum Gasteiger partial charge on any atom is -0.459 e. The molecule has 4 aliphatic rings.